The zero-order chi connectivity index (χ0) is 24.9. The van der Waals surface area contributed by atoms with Crippen LogP contribution in [0.3, 0.4) is 0 Å². The molecular formula is C25H34ClN3O4. The second-order valence-electron chi connectivity index (χ2n) is 8.49. The Kier molecular flexibility index (Phi) is 8.72. The molecule has 2 amide bonds. The molecule has 0 atom stereocenters. The molecule has 0 bridgehead atoms. The molecule has 0 saturated heterocycles. The standard InChI is InChI=1S/C23H28ClN3O4.C2H6/c1-13(2)23(14(3)4)18-9-15(5)27(21(29)20(18)26-22(30)31-23)12-19(28)25-11-16-7-6-8-17(24)10-16;1-2/h6-10,13-14H,11-12H2,1-5H3,(H,25,28)(H,26,30);1-2H3. The first-order chi connectivity index (χ1) is 15.6. The van der Waals surface area contributed by atoms with Crippen molar-refractivity contribution in [2.45, 2.75) is 67.2 Å². The summed E-state index contributed by atoms with van der Waals surface area (Å²) in [6, 6.07) is 9.03. The summed E-state index contributed by atoms with van der Waals surface area (Å²) in [5, 5.41) is 5.95. The topological polar surface area (TPSA) is 89.4 Å². The molecule has 2 heterocycles. The van der Waals surface area contributed by atoms with Crippen LogP contribution in [0.5, 0.6) is 0 Å². The van der Waals surface area contributed by atoms with Crippen LogP contribution in [0.4, 0.5) is 10.5 Å². The maximum Gasteiger partial charge on any atom is 0.412 e. The van der Waals surface area contributed by atoms with E-state index in [1.807, 2.05) is 59.7 Å². The number of carbonyl (C=O) groups excluding carboxylic acids is 2. The number of fused-ring (bicyclic) bond motifs is 1. The van der Waals surface area contributed by atoms with Crippen LogP contribution in [0.2, 0.25) is 5.02 Å². The van der Waals surface area contributed by atoms with E-state index in [0.29, 0.717) is 22.8 Å². The molecular weight excluding hydrogens is 442 g/mol. The van der Waals surface area contributed by atoms with Crippen LogP contribution in [0.25, 0.3) is 0 Å². The summed E-state index contributed by atoms with van der Waals surface area (Å²) in [6.07, 6.45) is -0.659. The van der Waals surface area contributed by atoms with E-state index >= 15 is 0 Å². The average molecular weight is 476 g/mol. The third-order valence-electron chi connectivity index (χ3n) is 5.81. The maximum absolute atomic E-state index is 13.3. The number of hydrogen-bond donors (Lipinski definition) is 2. The number of ether oxygens (including phenoxy) is 1. The highest BCUT2D eigenvalue weighted by molar-refractivity contribution is 6.30. The Balaban J connectivity index is 0.00000187. The number of aromatic nitrogens is 1. The number of nitrogens with zero attached hydrogens (tertiary/aromatic N) is 1. The molecule has 0 fully saturated rings. The lowest BCUT2D eigenvalue weighted by atomic mass is 9.73. The first-order valence-electron chi connectivity index (χ1n) is 11.3. The molecule has 0 aliphatic carbocycles. The second-order valence-corrected chi connectivity index (χ2v) is 8.93. The maximum atomic E-state index is 13.3. The number of rotatable bonds is 6. The van der Waals surface area contributed by atoms with Gasteiger partial charge in [0, 0.05) is 22.8 Å². The fraction of sp³-hybridized carbons (Fsp3) is 0.480. The molecule has 0 saturated carbocycles. The number of benzene rings is 1. The van der Waals surface area contributed by atoms with E-state index in [4.69, 9.17) is 16.3 Å². The lowest BCUT2D eigenvalue weighted by Crippen LogP contribution is -2.50. The van der Waals surface area contributed by atoms with E-state index in [1.54, 1.807) is 19.1 Å². The van der Waals surface area contributed by atoms with Gasteiger partial charge in [-0.1, -0.05) is 65.3 Å². The van der Waals surface area contributed by atoms with Gasteiger partial charge in [0.15, 0.2) is 0 Å². The molecule has 3 rings (SSSR count). The number of anilines is 1. The van der Waals surface area contributed by atoms with Crippen LogP contribution in [0, 0.1) is 18.8 Å². The molecule has 1 aliphatic rings. The Labute approximate surface area is 200 Å². The smallest absolute Gasteiger partial charge is 0.412 e. The number of pyridine rings is 1. The van der Waals surface area contributed by atoms with Gasteiger partial charge in [0.05, 0.1) is 0 Å². The summed E-state index contributed by atoms with van der Waals surface area (Å²) in [6.45, 7) is 13.8. The van der Waals surface area contributed by atoms with Crippen LogP contribution in [0.15, 0.2) is 35.1 Å². The third-order valence-corrected chi connectivity index (χ3v) is 6.05. The summed E-state index contributed by atoms with van der Waals surface area (Å²) in [7, 11) is 0. The molecule has 1 aromatic heterocycles. The van der Waals surface area contributed by atoms with Crippen LogP contribution in [-0.4, -0.2) is 16.6 Å². The summed E-state index contributed by atoms with van der Waals surface area (Å²) >= 11 is 5.98. The van der Waals surface area contributed by atoms with Crippen molar-refractivity contribution in [2.75, 3.05) is 5.32 Å². The van der Waals surface area contributed by atoms with E-state index in [-0.39, 0.29) is 30.0 Å². The largest absolute Gasteiger partial charge is 0.437 e. The monoisotopic (exact) mass is 475 g/mol. The molecule has 0 spiro atoms. The Hall–Kier alpha value is -2.80. The highest BCUT2D eigenvalue weighted by Gasteiger charge is 2.48. The van der Waals surface area contributed by atoms with Crippen LogP contribution < -0.4 is 16.2 Å². The minimum atomic E-state index is -0.921. The quantitative estimate of drug-likeness (QED) is 0.599. The number of nitrogens with one attached hydrogen (secondary N) is 2. The van der Waals surface area contributed by atoms with Gasteiger partial charge in [-0.3, -0.25) is 14.9 Å². The molecule has 0 radical (unpaired) electrons. The lowest BCUT2D eigenvalue weighted by Gasteiger charge is -2.44. The minimum Gasteiger partial charge on any atom is -0.437 e. The fourth-order valence-corrected chi connectivity index (χ4v) is 4.52. The second kappa shape index (κ2) is 10.9. The van der Waals surface area contributed by atoms with E-state index in [0.717, 1.165) is 5.56 Å². The number of cyclic esters (lactones) is 1. The summed E-state index contributed by atoms with van der Waals surface area (Å²) < 4.78 is 7.13. The van der Waals surface area contributed by atoms with E-state index in [1.165, 1.54) is 4.57 Å². The highest BCUT2D eigenvalue weighted by atomic mass is 35.5. The molecule has 2 N–H and O–H groups in total. The first-order valence-corrected chi connectivity index (χ1v) is 11.7. The van der Waals surface area contributed by atoms with Gasteiger partial charge < -0.3 is 14.6 Å². The highest BCUT2D eigenvalue weighted by Crippen LogP contribution is 2.45. The van der Waals surface area contributed by atoms with Crippen LogP contribution in [0.1, 0.15) is 58.4 Å². The van der Waals surface area contributed by atoms with E-state index in [9.17, 15) is 14.4 Å². The van der Waals surface area contributed by atoms with Gasteiger partial charge in [0.25, 0.3) is 5.56 Å². The SMILES string of the molecule is CC.Cc1cc2c(c(=O)n1CC(=O)NCc1cccc(Cl)c1)NC(=O)OC2(C(C)C)C(C)C. The third kappa shape index (κ3) is 5.41. The average Bonchev–Trinajstić information content (AvgIpc) is 2.76. The number of aryl methyl sites for hydroxylation is 1. The van der Waals surface area contributed by atoms with Gasteiger partial charge in [-0.15, -0.1) is 0 Å². The van der Waals surface area contributed by atoms with Gasteiger partial charge in [0.2, 0.25) is 5.91 Å². The van der Waals surface area contributed by atoms with E-state index < -0.39 is 17.3 Å². The van der Waals surface area contributed by atoms with Gasteiger partial charge >= 0.3 is 6.09 Å². The van der Waals surface area contributed by atoms with Crippen molar-refractivity contribution < 1.29 is 14.3 Å². The molecule has 2 aromatic rings. The number of carbonyl (C=O) groups is 2. The predicted molar refractivity (Wildman–Crippen MR) is 132 cm³/mol. The van der Waals surface area contributed by atoms with E-state index in [2.05, 4.69) is 10.6 Å². The normalized spacial score (nSPS) is 14.1. The lowest BCUT2D eigenvalue weighted by molar-refractivity contribution is -0.121. The van der Waals surface area contributed by atoms with Gasteiger partial charge in [-0.05, 0) is 42.5 Å². The van der Waals surface area contributed by atoms with Crippen molar-refractivity contribution in [1.29, 1.82) is 0 Å². The zero-order valence-electron chi connectivity index (χ0n) is 20.4. The summed E-state index contributed by atoms with van der Waals surface area (Å²) in [5.41, 5.74) is 0.956. The molecule has 180 valence electrons. The number of halogens is 1. The Morgan fingerprint density at radius 3 is 2.36 bits per heavy atom. The van der Waals surface area contributed by atoms with Crippen molar-refractivity contribution >= 4 is 29.3 Å². The zero-order valence-corrected chi connectivity index (χ0v) is 21.2. The first kappa shape index (κ1) is 26.5. The van der Waals surface area contributed by atoms with Crippen LogP contribution in [-0.2, 0) is 28.2 Å². The summed E-state index contributed by atoms with van der Waals surface area (Å²) in [4.78, 5) is 38.1. The Morgan fingerprint density at radius 1 is 1.15 bits per heavy atom. The summed E-state index contributed by atoms with van der Waals surface area (Å²) in [5.74, 6) is -0.414. The van der Waals surface area contributed by atoms with Crippen molar-refractivity contribution in [1.82, 2.24) is 9.88 Å². The molecule has 1 aliphatic heterocycles. The van der Waals surface area contributed by atoms with Crippen molar-refractivity contribution in [3.05, 3.63) is 62.5 Å². The fourth-order valence-electron chi connectivity index (χ4n) is 4.30. The molecule has 1 aromatic carbocycles. The predicted octanol–water partition coefficient (Wildman–Crippen LogP) is 5.22. The molecule has 33 heavy (non-hydrogen) atoms. The minimum absolute atomic E-state index is 0.0482. The molecule has 0 unspecified atom stereocenters. The Morgan fingerprint density at radius 2 is 1.79 bits per heavy atom. The van der Waals surface area contributed by atoms with Gasteiger partial charge in [-0.2, -0.15) is 0 Å². The number of hydrogen-bond acceptors (Lipinski definition) is 4. The molecule has 7 nitrogen and oxygen atoms in total. The van der Waals surface area contributed by atoms with Crippen molar-refractivity contribution in [3.8, 4) is 0 Å². The van der Waals surface area contributed by atoms with Crippen molar-refractivity contribution in [2.24, 2.45) is 11.8 Å². The van der Waals surface area contributed by atoms with Crippen LogP contribution >= 0.6 is 11.6 Å². The van der Waals surface area contributed by atoms with Gasteiger partial charge in [-0.25, -0.2) is 4.79 Å². The Bertz CT molecular complexity index is 1070. The van der Waals surface area contributed by atoms with Gasteiger partial charge in [0.1, 0.15) is 17.8 Å². The number of amides is 2. The molecule has 8 heteroatoms. The van der Waals surface area contributed by atoms with Crippen molar-refractivity contribution in [3.63, 3.8) is 0 Å².